The zero-order valence-corrected chi connectivity index (χ0v) is 29.0. The summed E-state index contributed by atoms with van der Waals surface area (Å²) in [7, 11) is 1.44. The van der Waals surface area contributed by atoms with Gasteiger partial charge in [0, 0.05) is 22.4 Å². The number of hydrogen-bond donors (Lipinski definition) is 6. The molecule has 21 heteroatoms. The van der Waals surface area contributed by atoms with Gasteiger partial charge in [0.05, 0.1) is 12.8 Å². The van der Waals surface area contributed by atoms with Crippen molar-refractivity contribution in [3.05, 3.63) is 58.0 Å². The summed E-state index contributed by atoms with van der Waals surface area (Å²) in [5.74, 6) is -3.66. The van der Waals surface area contributed by atoms with Crippen LogP contribution in [0.25, 0.3) is 0 Å². The number of methoxy groups -OCH3 is 1. The average Bonchev–Trinajstić information content (AvgIpc) is 3.50. The Morgan fingerprint density at radius 2 is 1.98 bits per heavy atom. The molecule has 3 aliphatic heterocycles. The molecule has 50 heavy (non-hydrogen) atoms. The third kappa shape index (κ3) is 6.97. The normalized spacial score (nSPS) is 20.7. The van der Waals surface area contributed by atoms with Gasteiger partial charge in [-0.15, -0.1) is 23.1 Å². The number of aromatic nitrogens is 1. The Bertz CT molecular complexity index is 1890. The van der Waals surface area contributed by atoms with Crippen LogP contribution in [0.5, 0.6) is 5.75 Å². The molecule has 1 aromatic heterocycles. The maximum atomic E-state index is 13.4. The average molecular weight is 746 g/mol. The number of β-lactam (4-membered cyclic amide) rings is 1. The van der Waals surface area contributed by atoms with Crippen LogP contribution < -0.4 is 32.2 Å². The van der Waals surface area contributed by atoms with Gasteiger partial charge in [0.25, 0.3) is 11.8 Å². The van der Waals surface area contributed by atoms with Crippen LogP contribution in [-0.2, 0) is 24.0 Å². The number of benzene rings is 1. The number of carbonyl (C=O) groups is 5. The Kier molecular flexibility index (Phi) is 10.4. The number of aliphatic carboxylic acids is 2. The van der Waals surface area contributed by atoms with Gasteiger partial charge in [0.1, 0.15) is 40.5 Å². The zero-order valence-electron chi connectivity index (χ0n) is 26.6. The van der Waals surface area contributed by atoms with E-state index < -0.39 is 52.6 Å². The number of thiazole rings is 1. The van der Waals surface area contributed by atoms with Crippen molar-refractivity contribution < 1.29 is 43.8 Å². The largest absolute Gasteiger partial charge is 0.495 e. The number of thioether (sulfide) groups is 2. The number of nitrogens with two attached hydrogens (primary N) is 3. The molecule has 0 bridgehead atoms. The molecule has 1 aromatic carbocycles. The number of rotatable bonds is 12. The van der Waals surface area contributed by atoms with Gasteiger partial charge in [-0.1, -0.05) is 23.0 Å². The number of carbonyl (C=O) groups excluding carboxylic acids is 3. The monoisotopic (exact) mass is 745 g/mol. The van der Waals surface area contributed by atoms with E-state index in [-0.39, 0.29) is 44.6 Å². The number of amides is 2. The van der Waals surface area contributed by atoms with Crippen molar-refractivity contribution in [2.45, 2.75) is 37.0 Å². The minimum atomic E-state index is -1.80. The summed E-state index contributed by atoms with van der Waals surface area (Å²) in [4.78, 5) is 79.0. The number of para-hydroxylation sites is 1. The number of hydrogen-bond acceptors (Lipinski definition) is 17. The third-order valence-electron chi connectivity index (χ3n) is 7.46. The van der Waals surface area contributed by atoms with Crippen molar-refractivity contribution in [3.8, 4) is 5.75 Å². The van der Waals surface area contributed by atoms with E-state index >= 15 is 0 Å². The first-order valence-corrected chi connectivity index (χ1v) is 17.4. The number of amidine groups is 1. The highest BCUT2D eigenvalue weighted by Gasteiger charge is 2.54. The number of oxime groups is 1. The standard InChI is InChI=1S/C29H31N9O9S3/c1-29(2,26(44)45)47-36-18(14-11-49-27(32)33-14)22(40)35-19-23(41)38-21(25(42)43)13(9-48-24(19)38)10-50-28-34-16(30)7-17(31)37(28)20-12(8-39)5-4-6-15(20)46-3/h4-8,11,17,19,24H,9-10,30-31H2,1-3H3,(H2,32,33)(H,35,40)(H,42,43)(H,44,45)/b36-18-. The highest BCUT2D eigenvalue weighted by atomic mass is 32.2. The SMILES string of the molecule is COc1cccc(C=O)c1N1C(SCC2=C(C(=O)O)N3C(=O)C(NC(=O)/C(=N\OC(C)(C)C(=O)O)c4csc(N)n4)C3SC2)=NC(N)=CC1N. The fourth-order valence-electron chi connectivity index (χ4n) is 4.94. The van der Waals surface area contributed by atoms with Gasteiger partial charge in [0.15, 0.2) is 22.3 Å². The molecule has 0 aliphatic carbocycles. The topological polar surface area (TPSA) is 278 Å². The quantitative estimate of drug-likeness (QED) is 0.0749. The Labute approximate surface area is 296 Å². The van der Waals surface area contributed by atoms with E-state index in [9.17, 15) is 34.2 Å². The summed E-state index contributed by atoms with van der Waals surface area (Å²) in [5, 5.41) is 26.9. The Hall–Kier alpha value is -5.12. The van der Waals surface area contributed by atoms with E-state index in [2.05, 4.69) is 20.4 Å². The number of nitrogen functional groups attached to an aromatic ring is 1. The van der Waals surface area contributed by atoms with E-state index in [1.54, 1.807) is 23.1 Å². The van der Waals surface area contributed by atoms with Crippen molar-refractivity contribution in [1.82, 2.24) is 15.2 Å². The second-order valence-corrected chi connectivity index (χ2v) is 14.1. The number of anilines is 2. The van der Waals surface area contributed by atoms with Gasteiger partial charge in [-0.25, -0.2) is 19.6 Å². The lowest BCUT2D eigenvalue weighted by Gasteiger charge is -2.49. The van der Waals surface area contributed by atoms with Gasteiger partial charge in [-0.05, 0) is 37.6 Å². The van der Waals surface area contributed by atoms with Crippen LogP contribution in [-0.4, -0.2) is 103 Å². The smallest absolute Gasteiger partial charge is 0.352 e. The highest BCUT2D eigenvalue weighted by Crippen LogP contribution is 2.42. The Morgan fingerprint density at radius 1 is 1.24 bits per heavy atom. The predicted octanol–water partition coefficient (Wildman–Crippen LogP) is 0.563. The van der Waals surface area contributed by atoms with Gasteiger partial charge >= 0.3 is 11.9 Å². The fraction of sp³-hybridized carbons (Fsp3) is 0.310. The van der Waals surface area contributed by atoms with Crippen molar-refractivity contribution in [3.63, 3.8) is 0 Å². The number of carboxylic acids is 2. The van der Waals surface area contributed by atoms with Gasteiger partial charge < -0.3 is 42.3 Å². The van der Waals surface area contributed by atoms with Crippen LogP contribution >= 0.6 is 34.9 Å². The van der Waals surface area contributed by atoms with E-state index in [0.29, 0.717) is 23.3 Å². The molecule has 0 spiro atoms. The van der Waals surface area contributed by atoms with Crippen LogP contribution in [0.1, 0.15) is 29.9 Å². The number of fused-ring (bicyclic) bond motifs is 1. The molecule has 9 N–H and O–H groups in total. The first-order valence-electron chi connectivity index (χ1n) is 14.5. The summed E-state index contributed by atoms with van der Waals surface area (Å²) in [5.41, 5.74) is 16.6. The van der Waals surface area contributed by atoms with Crippen molar-refractivity contribution in [1.29, 1.82) is 0 Å². The number of nitrogens with one attached hydrogen (secondary N) is 1. The highest BCUT2D eigenvalue weighted by molar-refractivity contribution is 8.14. The molecular weight excluding hydrogens is 715 g/mol. The van der Waals surface area contributed by atoms with Crippen molar-refractivity contribution in [2.75, 3.05) is 29.2 Å². The van der Waals surface area contributed by atoms with Gasteiger partial charge in [-0.2, -0.15) is 0 Å². The molecule has 4 heterocycles. The third-order valence-corrected chi connectivity index (χ3v) is 10.5. The van der Waals surface area contributed by atoms with Crippen LogP contribution in [0.4, 0.5) is 10.8 Å². The minimum absolute atomic E-state index is 0.0141. The van der Waals surface area contributed by atoms with E-state index in [1.165, 1.54) is 44.2 Å². The second-order valence-electron chi connectivity index (χ2n) is 11.2. The molecule has 2 amide bonds. The summed E-state index contributed by atoms with van der Waals surface area (Å²) >= 11 is 3.32. The van der Waals surface area contributed by atoms with Crippen molar-refractivity contribution in [2.24, 2.45) is 21.6 Å². The number of ether oxygens (including phenoxy) is 1. The first kappa shape index (κ1) is 36.2. The lowest BCUT2D eigenvalue weighted by Crippen LogP contribution is -2.71. The Balaban J connectivity index is 1.37. The predicted molar refractivity (Wildman–Crippen MR) is 187 cm³/mol. The number of aldehydes is 1. The van der Waals surface area contributed by atoms with E-state index in [1.807, 2.05) is 0 Å². The maximum Gasteiger partial charge on any atom is 0.352 e. The van der Waals surface area contributed by atoms with Crippen molar-refractivity contribution >= 4 is 86.6 Å². The molecular formula is C29H31N9O9S3. The molecule has 3 atom stereocenters. The lowest BCUT2D eigenvalue weighted by atomic mass is 10.0. The molecule has 1 saturated heterocycles. The Morgan fingerprint density at radius 3 is 2.60 bits per heavy atom. The molecule has 0 saturated carbocycles. The van der Waals surface area contributed by atoms with E-state index in [0.717, 1.165) is 28.0 Å². The summed E-state index contributed by atoms with van der Waals surface area (Å²) in [6.45, 7) is 2.45. The number of aliphatic imine (C=N–C) groups is 1. The van der Waals surface area contributed by atoms with Gasteiger partial charge in [-0.3, -0.25) is 24.2 Å². The number of carboxylic acid groups (broad SMARTS) is 2. The molecule has 0 radical (unpaired) electrons. The lowest BCUT2D eigenvalue weighted by molar-refractivity contribution is -0.161. The van der Waals surface area contributed by atoms with Crippen LogP contribution in [0.15, 0.2) is 56.9 Å². The van der Waals surface area contributed by atoms with Crippen LogP contribution in [0.2, 0.25) is 0 Å². The molecule has 5 rings (SSSR count). The van der Waals surface area contributed by atoms with Gasteiger partial charge in [0.2, 0.25) is 5.60 Å². The van der Waals surface area contributed by atoms with Crippen LogP contribution in [0, 0.1) is 0 Å². The summed E-state index contributed by atoms with van der Waals surface area (Å²) < 4.78 is 5.49. The van der Waals surface area contributed by atoms with Crippen LogP contribution in [0.3, 0.4) is 0 Å². The molecule has 264 valence electrons. The molecule has 1 fully saturated rings. The molecule has 3 unspecified atom stereocenters. The fourth-order valence-corrected chi connectivity index (χ4v) is 8.02. The second kappa shape index (κ2) is 14.4. The molecule has 3 aliphatic rings. The summed E-state index contributed by atoms with van der Waals surface area (Å²) in [6.07, 6.45) is 1.28. The van der Waals surface area contributed by atoms with E-state index in [4.69, 9.17) is 26.8 Å². The summed E-state index contributed by atoms with van der Waals surface area (Å²) in [6, 6.07) is 3.72. The zero-order chi connectivity index (χ0) is 36.5. The molecule has 18 nitrogen and oxygen atoms in total. The molecule has 2 aromatic rings. The first-order chi connectivity index (χ1) is 23.7. The number of nitrogens with zero attached hydrogens (tertiary/aromatic N) is 5. The maximum absolute atomic E-state index is 13.4. The minimum Gasteiger partial charge on any atom is -0.495 e.